The Bertz CT molecular complexity index is 841. The lowest BCUT2D eigenvalue weighted by atomic mass is 9.99. The van der Waals surface area contributed by atoms with Crippen molar-refractivity contribution in [2.24, 2.45) is 0 Å². The summed E-state index contributed by atoms with van der Waals surface area (Å²) < 4.78 is 5.65. The summed E-state index contributed by atoms with van der Waals surface area (Å²) in [5.74, 6) is 0.932. The number of likely N-dealkylation sites (tertiary alicyclic amines) is 1. The van der Waals surface area contributed by atoms with E-state index in [1.165, 1.54) is 30.3 Å². The van der Waals surface area contributed by atoms with Gasteiger partial charge in [-0.2, -0.15) is 0 Å². The first-order valence-electron chi connectivity index (χ1n) is 8.57. The standard InChI is InChI=1S/C20H23N3O/c1-23-12-6-7-14(23)13-15-19-16(9-5-10-18(19)24-2)22-20(15)17-8-3-4-11-21-17/h3-5,8-11,14,22H,6-7,12-13H2,1-2H3/t14-/m1/s1. The molecule has 1 saturated heterocycles. The Morgan fingerprint density at radius 3 is 2.88 bits per heavy atom. The lowest BCUT2D eigenvalue weighted by molar-refractivity contribution is 0.310. The van der Waals surface area contributed by atoms with Gasteiger partial charge >= 0.3 is 0 Å². The molecule has 1 aliphatic heterocycles. The number of benzene rings is 1. The molecule has 2 aromatic heterocycles. The Kier molecular flexibility index (Phi) is 3.98. The van der Waals surface area contributed by atoms with Gasteiger partial charge in [-0.1, -0.05) is 12.1 Å². The minimum absolute atomic E-state index is 0.580. The summed E-state index contributed by atoms with van der Waals surface area (Å²) in [6, 6.07) is 12.8. The lowest BCUT2D eigenvalue weighted by Crippen LogP contribution is -2.26. The van der Waals surface area contributed by atoms with Crippen molar-refractivity contribution in [2.45, 2.75) is 25.3 Å². The maximum Gasteiger partial charge on any atom is 0.128 e. The SMILES string of the molecule is COc1cccc2[nH]c(-c3ccccn3)c(C[C@H]3CCCN3C)c12. The van der Waals surface area contributed by atoms with Gasteiger partial charge in [-0.05, 0) is 62.7 Å². The smallest absolute Gasteiger partial charge is 0.128 e. The van der Waals surface area contributed by atoms with Crippen molar-refractivity contribution in [1.29, 1.82) is 0 Å². The van der Waals surface area contributed by atoms with Crippen LogP contribution in [0.4, 0.5) is 0 Å². The molecule has 0 spiro atoms. The van der Waals surface area contributed by atoms with Crippen LogP contribution in [-0.4, -0.2) is 41.6 Å². The monoisotopic (exact) mass is 321 g/mol. The van der Waals surface area contributed by atoms with Gasteiger partial charge in [-0.3, -0.25) is 4.98 Å². The minimum atomic E-state index is 0.580. The molecule has 1 N–H and O–H groups in total. The van der Waals surface area contributed by atoms with Crippen molar-refractivity contribution in [3.8, 4) is 17.1 Å². The molecule has 1 aliphatic rings. The molecule has 4 rings (SSSR count). The summed E-state index contributed by atoms with van der Waals surface area (Å²) >= 11 is 0. The van der Waals surface area contributed by atoms with Crippen LogP contribution >= 0.6 is 0 Å². The van der Waals surface area contributed by atoms with E-state index in [-0.39, 0.29) is 0 Å². The molecule has 24 heavy (non-hydrogen) atoms. The van der Waals surface area contributed by atoms with Gasteiger partial charge < -0.3 is 14.6 Å². The molecular weight excluding hydrogens is 298 g/mol. The molecule has 1 fully saturated rings. The van der Waals surface area contributed by atoms with E-state index >= 15 is 0 Å². The fraction of sp³-hybridized carbons (Fsp3) is 0.350. The normalized spacial score (nSPS) is 18.3. The number of methoxy groups -OCH3 is 1. The van der Waals surface area contributed by atoms with E-state index in [0.717, 1.165) is 29.1 Å². The van der Waals surface area contributed by atoms with E-state index in [2.05, 4.69) is 34.0 Å². The molecule has 3 aromatic rings. The van der Waals surface area contributed by atoms with E-state index in [1.807, 2.05) is 30.5 Å². The third-order valence-electron chi connectivity index (χ3n) is 5.14. The molecule has 1 aromatic carbocycles. The van der Waals surface area contributed by atoms with Crippen molar-refractivity contribution in [1.82, 2.24) is 14.9 Å². The number of aromatic amines is 1. The molecule has 0 bridgehead atoms. The summed E-state index contributed by atoms with van der Waals surface area (Å²) in [5.41, 5.74) is 4.55. The van der Waals surface area contributed by atoms with Gasteiger partial charge in [0.1, 0.15) is 5.75 Å². The average Bonchev–Trinajstić information content (AvgIpc) is 3.20. The number of nitrogens with one attached hydrogen (secondary N) is 1. The number of ether oxygens (including phenoxy) is 1. The first-order valence-corrected chi connectivity index (χ1v) is 8.57. The van der Waals surface area contributed by atoms with Crippen molar-refractivity contribution < 1.29 is 4.74 Å². The number of rotatable bonds is 4. The zero-order valence-corrected chi connectivity index (χ0v) is 14.2. The summed E-state index contributed by atoms with van der Waals surface area (Å²) in [5, 5.41) is 1.20. The van der Waals surface area contributed by atoms with Crippen molar-refractivity contribution in [3.63, 3.8) is 0 Å². The van der Waals surface area contributed by atoms with Crippen LogP contribution in [0.25, 0.3) is 22.3 Å². The van der Waals surface area contributed by atoms with Crippen LogP contribution in [-0.2, 0) is 6.42 Å². The third-order valence-corrected chi connectivity index (χ3v) is 5.14. The Labute approximate surface area is 142 Å². The molecule has 4 nitrogen and oxygen atoms in total. The molecule has 0 radical (unpaired) electrons. The van der Waals surface area contributed by atoms with Crippen LogP contribution < -0.4 is 4.74 Å². The van der Waals surface area contributed by atoms with Crippen LogP contribution in [0.1, 0.15) is 18.4 Å². The molecule has 3 heterocycles. The molecule has 0 aliphatic carbocycles. The number of fused-ring (bicyclic) bond motifs is 1. The fourth-order valence-corrected chi connectivity index (χ4v) is 3.86. The van der Waals surface area contributed by atoms with E-state index in [4.69, 9.17) is 4.74 Å². The highest BCUT2D eigenvalue weighted by Gasteiger charge is 2.25. The molecule has 1 atom stereocenters. The van der Waals surface area contributed by atoms with Gasteiger partial charge in [-0.25, -0.2) is 0 Å². The minimum Gasteiger partial charge on any atom is -0.496 e. The maximum atomic E-state index is 5.65. The number of hydrogen-bond donors (Lipinski definition) is 1. The summed E-state index contributed by atoms with van der Waals surface area (Å²) in [6.07, 6.45) is 5.39. The Morgan fingerprint density at radius 2 is 2.17 bits per heavy atom. The Morgan fingerprint density at radius 1 is 1.25 bits per heavy atom. The Hall–Kier alpha value is -2.33. The van der Waals surface area contributed by atoms with E-state index in [9.17, 15) is 0 Å². The molecule has 124 valence electrons. The number of nitrogens with zero attached hydrogens (tertiary/aromatic N) is 2. The predicted molar refractivity (Wildman–Crippen MR) is 97.4 cm³/mol. The Balaban J connectivity index is 1.89. The zero-order valence-electron chi connectivity index (χ0n) is 14.2. The third kappa shape index (κ3) is 2.57. The second-order valence-electron chi connectivity index (χ2n) is 6.56. The number of likely N-dealkylation sites (N-methyl/N-ethyl adjacent to an activating group) is 1. The van der Waals surface area contributed by atoms with Gasteiger partial charge in [-0.15, -0.1) is 0 Å². The molecular formula is C20H23N3O. The first kappa shape index (κ1) is 15.2. The lowest BCUT2D eigenvalue weighted by Gasteiger charge is -2.20. The highest BCUT2D eigenvalue weighted by molar-refractivity contribution is 5.95. The molecule has 0 unspecified atom stereocenters. The van der Waals surface area contributed by atoms with Gasteiger partial charge in [0.15, 0.2) is 0 Å². The van der Waals surface area contributed by atoms with E-state index < -0.39 is 0 Å². The van der Waals surface area contributed by atoms with Gasteiger partial charge in [0.2, 0.25) is 0 Å². The number of H-pyrrole nitrogens is 1. The molecule has 0 amide bonds. The molecule has 0 saturated carbocycles. The quantitative estimate of drug-likeness (QED) is 0.793. The van der Waals surface area contributed by atoms with Crippen LogP contribution in [0.2, 0.25) is 0 Å². The van der Waals surface area contributed by atoms with Crippen molar-refractivity contribution >= 4 is 10.9 Å². The van der Waals surface area contributed by atoms with Crippen LogP contribution in [0.3, 0.4) is 0 Å². The van der Waals surface area contributed by atoms with E-state index in [1.54, 1.807) is 7.11 Å². The number of pyridine rings is 1. The topological polar surface area (TPSA) is 41.1 Å². The first-order chi connectivity index (χ1) is 11.8. The number of hydrogen-bond acceptors (Lipinski definition) is 3. The van der Waals surface area contributed by atoms with Gasteiger partial charge in [0, 0.05) is 23.1 Å². The molecule has 4 heteroatoms. The summed E-state index contributed by atoms with van der Waals surface area (Å²) in [7, 11) is 3.97. The van der Waals surface area contributed by atoms with Crippen molar-refractivity contribution in [3.05, 3.63) is 48.2 Å². The zero-order chi connectivity index (χ0) is 16.5. The van der Waals surface area contributed by atoms with Gasteiger partial charge in [0.25, 0.3) is 0 Å². The van der Waals surface area contributed by atoms with Crippen LogP contribution in [0, 0.1) is 0 Å². The summed E-state index contributed by atoms with van der Waals surface area (Å²) in [4.78, 5) is 10.6. The number of aromatic nitrogens is 2. The van der Waals surface area contributed by atoms with Crippen LogP contribution in [0.15, 0.2) is 42.6 Å². The summed E-state index contributed by atoms with van der Waals surface area (Å²) in [6.45, 7) is 1.18. The van der Waals surface area contributed by atoms with Crippen LogP contribution in [0.5, 0.6) is 5.75 Å². The largest absolute Gasteiger partial charge is 0.496 e. The van der Waals surface area contributed by atoms with Crippen molar-refractivity contribution in [2.75, 3.05) is 20.7 Å². The maximum absolute atomic E-state index is 5.65. The second-order valence-corrected chi connectivity index (χ2v) is 6.56. The second kappa shape index (κ2) is 6.29. The fourth-order valence-electron chi connectivity index (χ4n) is 3.86. The van der Waals surface area contributed by atoms with Gasteiger partial charge in [0.05, 0.1) is 18.5 Å². The highest BCUT2D eigenvalue weighted by atomic mass is 16.5. The predicted octanol–water partition coefficient (Wildman–Crippen LogP) is 3.88. The van der Waals surface area contributed by atoms with E-state index in [0.29, 0.717) is 6.04 Å². The highest BCUT2D eigenvalue weighted by Crippen LogP contribution is 2.37. The average molecular weight is 321 g/mol.